The van der Waals surface area contributed by atoms with Gasteiger partial charge in [0.1, 0.15) is 5.75 Å². The molecule has 3 rings (SSSR count). The molecule has 1 amide bonds. The second-order valence-electron chi connectivity index (χ2n) is 8.31. The molecule has 2 fully saturated rings. The number of benzene rings is 1. The molecule has 0 aliphatic carbocycles. The van der Waals surface area contributed by atoms with Gasteiger partial charge in [0, 0.05) is 43.8 Å². The number of methoxy groups -OCH3 is 1. The number of nitrogens with one attached hydrogen (secondary N) is 1. The highest BCUT2D eigenvalue weighted by molar-refractivity contribution is 7.89. The lowest BCUT2D eigenvalue weighted by atomic mass is 9.95. The summed E-state index contributed by atoms with van der Waals surface area (Å²) in [6.45, 7) is 4.73. The Morgan fingerprint density at radius 1 is 1.07 bits per heavy atom. The van der Waals surface area contributed by atoms with Crippen molar-refractivity contribution in [3.63, 3.8) is 0 Å². The number of ether oxygens (including phenoxy) is 1. The molecule has 0 radical (unpaired) electrons. The van der Waals surface area contributed by atoms with Crippen LogP contribution in [0.1, 0.15) is 45.4 Å². The van der Waals surface area contributed by atoms with Gasteiger partial charge in [0.05, 0.1) is 12.9 Å². The molecule has 1 aromatic rings. The van der Waals surface area contributed by atoms with Gasteiger partial charge in [-0.05, 0) is 56.4 Å². The van der Waals surface area contributed by atoms with Crippen LogP contribution < -0.4 is 15.0 Å². The van der Waals surface area contributed by atoms with E-state index < -0.39 is 10.0 Å². The fourth-order valence-electron chi connectivity index (χ4n) is 4.25. The highest BCUT2D eigenvalue weighted by Crippen LogP contribution is 2.24. The van der Waals surface area contributed by atoms with Crippen molar-refractivity contribution in [3.8, 4) is 5.75 Å². The molecule has 0 aromatic heterocycles. The number of rotatable bonds is 8. The summed E-state index contributed by atoms with van der Waals surface area (Å²) < 4.78 is 31.5. The highest BCUT2D eigenvalue weighted by atomic mass is 32.2. The van der Waals surface area contributed by atoms with Gasteiger partial charge in [-0.15, -0.1) is 0 Å². The number of carbonyl (C=O) groups excluding carboxylic acids is 1. The van der Waals surface area contributed by atoms with Crippen LogP contribution in [0, 0.1) is 5.92 Å². The van der Waals surface area contributed by atoms with Crippen LogP contribution >= 0.6 is 0 Å². The first-order valence-corrected chi connectivity index (χ1v) is 12.7. The maximum Gasteiger partial charge on any atom is 0.223 e. The Morgan fingerprint density at radius 2 is 1.70 bits per heavy atom. The number of hydrogen-bond donors (Lipinski definition) is 1. The Labute approximate surface area is 180 Å². The number of nitrogens with zero attached hydrogens (tertiary/aromatic N) is 2. The molecule has 0 unspecified atom stereocenters. The Kier molecular flexibility index (Phi) is 7.99. The zero-order chi connectivity index (χ0) is 21.6. The lowest BCUT2D eigenvalue weighted by Gasteiger charge is -2.35. The lowest BCUT2D eigenvalue weighted by Crippen LogP contribution is -2.48. The number of hydrogen-bond acceptors (Lipinski definition) is 5. The van der Waals surface area contributed by atoms with Gasteiger partial charge in [0.2, 0.25) is 15.9 Å². The molecule has 7 nitrogen and oxygen atoms in total. The van der Waals surface area contributed by atoms with E-state index in [0.29, 0.717) is 32.4 Å². The number of piperidine rings is 2. The van der Waals surface area contributed by atoms with Gasteiger partial charge in [-0.1, -0.05) is 13.3 Å². The summed E-state index contributed by atoms with van der Waals surface area (Å²) in [6.07, 6.45) is 4.63. The molecule has 2 saturated heterocycles. The molecular formula is C22H35N3O4S. The number of carbonyl (C=O) groups is 1. The van der Waals surface area contributed by atoms with Gasteiger partial charge in [-0.3, -0.25) is 4.79 Å². The summed E-state index contributed by atoms with van der Waals surface area (Å²) in [5.41, 5.74) is 1.18. The van der Waals surface area contributed by atoms with E-state index >= 15 is 0 Å². The number of amides is 1. The van der Waals surface area contributed by atoms with E-state index in [4.69, 9.17) is 4.74 Å². The third-order valence-electron chi connectivity index (χ3n) is 6.25. The molecule has 0 saturated carbocycles. The molecule has 1 aromatic carbocycles. The summed E-state index contributed by atoms with van der Waals surface area (Å²) in [6, 6.07) is 8.27. The maximum atomic E-state index is 12.7. The van der Waals surface area contributed by atoms with E-state index in [1.165, 1.54) is 5.69 Å². The van der Waals surface area contributed by atoms with E-state index in [-0.39, 0.29) is 23.6 Å². The van der Waals surface area contributed by atoms with Gasteiger partial charge < -0.3 is 15.0 Å². The summed E-state index contributed by atoms with van der Waals surface area (Å²) in [5.74, 6) is 1.07. The van der Waals surface area contributed by atoms with Crippen LogP contribution in [-0.4, -0.2) is 63.7 Å². The van der Waals surface area contributed by atoms with Crippen LogP contribution in [0.2, 0.25) is 0 Å². The van der Waals surface area contributed by atoms with Gasteiger partial charge in [0.25, 0.3) is 0 Å². The van der Waals surface area contributed by atoms with Gasteiger partial charge in [0.15, 0.2) is 0 Å². The van der Waals surface area contributed by atoms with Crippen LogP contribution in [0.4, 0.5) is 5.69 Å². The van der Waals surface area contributed by atoms with Crippen LogP contribution in [0.3, 0.4) is 0 Å². The molecule has 2 aliphatic rings. The minimum absolute atomic E-state index is 0.0813. The summed E-state index contributed by atoms with van der Waals surface area (Å²) in [4.78, 5) is 15.0. The number of sulfonamides is 1. The van der Waals surface area contributed by atoms with Crippen LogP contribution in [0.15, 0.2) is 24.3 Å². The molecule has 168 valence electrons. The zero-order valence-electron chi connectivity index (χ0n) is 18.2. The second kappa shape index (κ2) is 10.5. The molecule has 0 bridgehead atoms. The Bertz CT molecular complexity index is 781. The monoisotopic (exact) mass is 437 g/mol. The van der Waals surface area contributed by atoms with Crippen molar-refractivity contribution in [2.45, 2.75) is 51.5 Å². The van der Waals surface area contributed by atoms with Crippen molar-refractivity contribution in [2.24, 2.45) is 5.92 Å². The minimum atomic E-state index is -3.17. The van der Waals surface area contributed by atoms with Gasteiger partial charge in [-0.25, -0.2) is 12.7 Å². The van der Waals surface area contributed by atoms with Crippen molar-refractivity contribution in [3.05, 3.63) is 24.3 Å². The lowest BCUT2D eigenvalue weighted by molar-refractivity contribution is -0.127. The molecule has 0 atom stereocenters. The quantitative estimate of drug-likeness (QED) is 0.676. The van der Waals surface area contributed by atoms with Crippen LogP contribution in [0.5, 0.6) is 5.75 Å². The molecule has 30 heavy (non-hydrogen) atoms. The first-order valence-electron chi connectivity index (χ1n) is 11.1. The normalized spacial score (nSPS) is 19.6. The van der Waals surface area contributed by atoms with E-state index in [0.717, 1.165) is 38.1 Å². The molecule has 2 heterocycles. The fraction of sp³-hybridized carbons (Fsp3) is 0.682. The topological polar surface area (TPSA) is 79.0 Å². The largest absolute Gasteiger partial charge is 0.497 e. The first-order chi connectivity index (χ1) is 14.4. The van der Waals surface area contributed by atoms with E-state index in [2.05, 4.69) is 22.3 Å². The predicted molar refractivity (Wildman–Crippen MR) is 119 cm³/mol. The van der Waals surface area contributed by atoms with Crippen molar-refractivity contribution < 1.29 is 17.9 Å². The molecule has 2 aliphatic heterocycles. The smallest absolute Gasteiger partial charge is 0.223 e. The van der Waals surface area contributed by atoms with Crippen molar-refractivity contribution in [1.82, 2.24) is 9.62 Å². The molecule has 1 N–H and O–H groups in total. The number of unbranched alkanes of at least 4 members (excludes halogenated alkanes) is 1. The second-order valence-corrected chi connectivity index (χ2v) is 10.4. The highest BCUT2D eigenvalue weighted by Gasteiger charge is 2.32. The minimum Gasteiger partial charge on any atom is -0.497 e. The maximum absolute atomic E-state index is 12.7. The van der Waals surface area contributed by atoms with Gasteiger partial charge in [-0.2, -0.15) is 0 Å². The van der Waals surface area contributed by atoms with Crippen LogP contribution in [-0.2, 0) is 14.8 Å². The van der Waals surface area contributed by atoms with E-state index in [1.54, 1.807) is 11.4 Å². The third-order valence-corrected chi connectivity index (χ3v) is 8.21. The molecule has 0 spiro atoms. The van der Waals surface area contributed by atoms with E-state index in [1.807, 2.05) is 19.1 Å². The standard InChI is InChI=1S/C22H35N3O4S/c1-3-4-17-30(27,28)25-15-9-18(10-16-25)22(26)23-19-11-13-24(14-12-19)20-5-7-21(29-2)8-6-20/h5-8,18-19H,3-4,9-17H2,1-2H3,(H,23,26). The third kappa shape index (κ3) is 5.88. The average molecular weight is 438 g/mol. The van der Waals surface area contributed by atoms with Crippen molar-refractivity contribution in [2.75, 3.05) is 43.9 Å². The van der Waals surface area contributed by atoms with Crippen molar-refractivity contribution >= 4 is 21.6 Å². The molecular weight excluding hydrogens is 402 g/mol. The first kappa shape index (κ1) is 22.9. The Balaban J connectivity index is 1.42. The van der Waals surface area contributed by atoms with Gasteiger partial charge >= 0.3 is 0 Å². The SMILES string of the molecule is CCCCS(=O)(=O)N1CCC(C(=O)NC2CCN(c3ccc(OC)cc3)CC2)CC1. The summed E-state index contributed by atoms with van der Waals surface area (Å²) in [5, 5.41) is 3.21. The predicted octanol–water partition coefficient (Wildman–Crippen LogP) is 2.62. The Hall–Kier alpha value is -1.80. The Morgan fingerprint density at radius 3 is 2.27 bits per heavy atom. The van der Waals surface area contributed by atoms with Crippen LogP contribution in [0.25, 0.3) is 0 Å². The average Bonchev–Trinajstić information content (AvgIpc) is 2.78. The fourth-order valence-corrected chi connectivity index (χ4v) is 5.92. The van der Waals surface area contributed by atoms with Crippen molar-refractivity contribution in [1.29, 1.82) is 0 Å². The molecule has 8 heteroatoms. The zero-order valence-corrected chi connectivity index (χ0v) is 19.0. The van der Waals surface area contributed by atoms with E-state index in [9.17, 15) is 13.2 Å². The number of anilines is 1. The summed E-state index contributed by atoms with van der Waals surface area (Å²) in [7, 11) is -1.51. The summed E-state index contributed by atoms with van der Waals surface area (Å²) >= 11 is 0.